The van der Waals surface area contributed by atoms with E-state index in [9.17, 15) is 0 Å². The van der Waals surface area contributed by atoms with Gasteiger partial charge in [-0.05, 0) is 37.3 Å². The molecule has 2 aromatic heterocycles. The Morgan fingerprint density at radius 1 is 1.50 bits per heavy atom. The maximum absolute atomic E-state index is 4.42. The van der Waals surface area contributed by atoms with Crippen LogP contribution in [0.25, 0.3) is 0 Å². The van der Waals surface area contributed by atoms with E-state index in [0.29, 0.717) is 6.04 Å². The van der Waals surface area contributed by atoms with Gasteiger partial charge >= 0.3 is 0 Å². The highest BCUT2D eigenvalue weighted by atomic mass is 32.2. The molecule has 3 heterocycles. The van der Waals surface area contributed by atoms with Gasteiger partial charge in [0.15, 0.2) is 0 Å². The van der Waals surface area contributed by atoms with Gasteiger partial charge < -0.3 is 9.88 Å². The van der Waals surface area contributed by atoms with E-state index in [-0.39, 0.29) is 0 Å². The summed E-state index contributed by atoms with van der Waals surface area (Å²) in [6, 6.07) is 2.87. The molecule has 0 spiro atoms. The second-order valence-electron chi connectivity index (χ2n) is 5.23. The summed E-state index contributed by atoms with van der Waals surface area (Å²) in [7, 11) is 4.13. The monoisotopic (exact) mass is 307 g/mol. The lowest BCUT2D eigenvalue weighted by molar-refractivity contribution is 0.543. The van der Waals surface area contributed by atoms with Crippen molar-refractivity contribution < 1.29 is 0 Å². The van der Waals surface area contributed by atoms with Gasteiger partial charge in [0, 0.05) is 47.4 Å². The van der Waals surface area contributed by atoms with Gasteiger partial charge in [-0.1, -0.05) is 0 Å². The maximum Gasteiger partial charge on any atom is 0.108 e. The number of hydrogen-bond donors (Lipinski definition) is 1. The quantitative estimate of drug-likeness (QED) is 0.920. The van der Waals surface area contributed by atoms with Gasteiger partial charge in [-0.2, -0.15) is 11.8 Å². The number of imidazole rings is 1. The van der Waals surface area contributed by atoms with Gasteiger partial charge in [-0.25, -0.2) is 4.98 Å². The predicted molar refractivity (Wildman–Crippen MR) is 87.5 cm³/mol. The minimum atomic E-state index is 0.451. The van der Waals surface area contributed by atoms with Crippen molar-refractivity contribution in [3.05, 3.63) is 39.6 Å². The molecule has 108 valence electrons. The molecule has 0 radical (unpaired) electrons. The minimum Gasteiger partial charge on any atom is -0.338 e. The van der Waals surface area contributed by atoms with Crippen molar-refractivity contribution in [2.75, 3.05) is 12.8 Å². The van der Waals surface area contributed by atoms with Crippen LogP contribution >= 0.6 is 23.1 Å². The number of thioether (sulfide) groups is 1. The van der Waals surface area contributed by atoms with E-state index in [1.807, 2.05) is 23.7 Å². The molecule has 0 amide bonds. The number of rotatable bonds is 5. The summed E-state index contributed by atoms with van der Waals surface area (Å²) >= 11 is 4.06. The zero-order chi connectivity index (χ0) is 13.9. The fourth-order valence-corrected chi connectivity index (χ4v) is 5.20. The molecule has 0 aliphatic carbocycles. The predicted octanol–water partition coefficient (Wildman–Crippen LogP) is 3.16. The Morgan fingerprint density at radius 3 is 3.10 bits per heavy atom. The molecule has 0 saturated heterocycles. The van der Waals surface area contributed by atoms with Crippen LogP contribution in [0.4, 0.5) is 0 Å². The first-order chi connectivity index (χ1) is 9.78. The molecular formula is C15H21N3S2. The SMILES string of the molecule is CNC(CCc1nccn1C)c1cc2c(s1)CCSC2. The molecule has 1 unspecified atom stereocenters. The summed E-state index contributed by atoms with van der Waals surface area (Å²) in [5, 5.41) is 3.48. The van der Waals surface area contributed by atoms with Crippen molar-refractivity contribution in [1.82, 2.24) is 14.9 Å². The smallest absolute Gasteiger partial charge is 0.108 e. The molecule has 0 fully saturated rings. The summed E-state index contributed by atoms with van der Waals surface area (Å²) in [6.45, 7) is 0. The van der Waals surface area contributed by atoms with Gasteiger partial charge in [0.1, 0.15) is 5.82 Å². The number of nitrogens with one attached hydrogen (secondary N) is 1. The molecule has 0 aromatic carbocycles. The Labute approximate surface area is 128 Å². The first kappa shape index (κ1) is 14.2. The largest absolute Gasteiger partial charge is 0.338 e. The molecule has 1 aliphatic heterocycles. The van der Waals surface area contributed by atoms with Crippen LogP contribution in [0.3, 0.4) is 0 Å². The molecule has 1 N–H and O–H groups in total. The van der Waals surface area contributed by atoms with Crippen LogP contribution in [0.5, 0.6) is 0 Å². The highest BCUT2D eigenvalue weighted by Gasteiger charge is 2.18. The highest BCUT2D eigenvalue weighted by Crippen LogP contribution is 2.35. The summed E-state index contributed by atoms with van der Waals surface area (Å²) < 4.78 is 2.11. The average Bonchev–Trinajstić information content (AvgIpc) is 3.06. The molecule has 2 aromatic rings. The third-order valence-corrected chi connectivity index (χ3v) is 6.27. The Kier molecular flexibility index (Phi) is 4.48. The zero-order valence-corrected chi connectivity index (χ0v) is 13.7. The molecule has 3 nitrogen and oxygen atoms in total. The van der Waals surface area contributed by atoms with Crippen molar-refractivity contribution in [2.45, 2.75) is 31.1 Å². The van der Waals surface area contributed by atoms with Crippen LogP contribution in [0.1, 0.15) is 33.6 Å². The summed E-state index contributed by atoms with van der Waals surface area (Å²) in [6.07, 6.45) is 7.27. The van der Waals surface area contributed by atoms with Crippen molar-refractivity contribution in [3.63, 3.8) is 0 Å². The zero-order valence-electron chi connectivity index (χ0n) is 12.1. The number of thiophene rings is 1. The van der Waals surface area contributed by atoms with Gasteiger partial charge in [0.25, 0.3) is 0 Å². The first-order valence-corrected chi connectivity index (χ1v) is 9.07. The van der Waals surface area contributed by atoms with E-state index in [1.54, 1.807) is 10.4 Å². The average molecular weight is 307 g/mol. The van der Waals surface area contributed by atoms with Gasteiger partial charge in [-0.3, -0.25) is 0 Å². The Balaban J connectivity index is 1.70. The van der Waals surface area contributed by atoms with E-state index in [2.05, 4.69) is 46.8 Å². The van der Waals surface area contributed by atoms with Gasteiger partial charge in [0.05, 0.1) is 0 Å². The van der Waals surface area contributed by atoms with Crippen LogP contribution in [0.2, 0.25) is 0 Å². The van der Waals surface area contributed by atoms with Crippen LogP contribution in [0, 0.1) is 0 Å². The number of hydrogen-bond acceptors (Lipinski definition) is 4. The normalized spacial score (nSPS) is 16.1. The second-order valence-corrected chi connectivity index (χ2v) is 7.51. The molecule has 5 heteroatoms. The highest BCUT2D eigenvalue weighted by molar-refractivity contribution is 7.98. The molecule has 1 atom stereocenters. The van der Waals surface area contributed by atoms with E-state index < -0.39 is 0 Å². The number of fused-ring (bicyclic) bond motifs is 1. The van der Waals surface area contributed by atoms with E-state index in [1.165, 1.54) is 28.6 Å². The summed E-state index contributed by atoms with van der Waals surface area (Å²) in [5.41, 5.74) is 1.57. The lowest BCUT2D eigenvalue weighted by atomic mass is 10.1. The summed E-state index contributed by atoms with van der Waals surface area (Å²) in [4.78, 5) is 7.52. The van der Waals surface area contributed by atoms with Gasteiger partial charge in [-0.15, -0.1) is 11.3 Å². The Hall–Kier alpha value is -0.780. The molecule has 1 aliphatic rings. The van der Waals surface area contributed by atoms with Crippen molar-refractivity contribution >= 4 is 23.1 Å². The fourth-order valence-electron chi connectivity index (χ4n) is 2.68. The first-order valence-electron chi connectivity index (χ1n) is 7.10. The number of nitrogens with zero attached hydrogens (tertiary/aromatic N) is 2. The van der Waals surface area contributed by atoms with Crippen LogP contribution < -0.4 is 5.32 Å². The third-order valence-electron chi connectivity index (χ3n) is 3.92. The third kappa shape index (κ3) is 2.95. The standard InChI is InChI=1S/C15H21N3S2/c1-16-12(3-4-15-17-6-7-18(15)2)14-9-11-10-19-8-5-13(11)20-14/h6-7,9,12,16H,3-5,8,10H2,1-2H3. The minimum absolute atomic E-state index is 0.451. The number of aromatic nitrogens is 2. The maximum atomic E-state index is 4.42. The Bertz CT molecular complexity index is 550. The fraction of sp³-hybridized carbons (Fsp3) is 0.533. The molecule has 0 saturated carbocycles. The summed E-state index contributed by atoms with van der Waals surface area (Å²) in [5.74, 6) is 3.65. The molecule has 0 bridgehead atoms. The van der Waals surface area contributed by atoms with Crippen molar-refractivity contribution in [3.8, 4) is 0 Å². The van der Waals surface area contributed by atoms with Crippen LogP contribution in [0.15, 0.2) is 18.5 Å². The van der Waals surface area contributed by atoms with Gasteiger partial charge in [0.2, 0.25) is 0 Å². The lowest BCUT2D eigenvalue weighted by Gasteiger charge is -2.14. The molecule has 20 heavy (non-hydrogen) atoms. The van der Waals surface area contributed by atoms with Crippen molar-refractivity contribution in [2.24, 2.45) is 7.05 Å². The lowest BCUT2D eigenvalue weighted by Crippen LogP contribution is -2.16. The van der Waals surface area contributed by atoms with Crippen LogP contribution in [-0.4, -0.2) is 22.4 Å². The molecular weight excluding hydrogens is 286 g/mol. The second kappa shape index (κ2) is 6.33. The Morgan fingerprint density at radius 2 is 2.40 bits per heavy atom. The molecule has 3 rings (SSSR count). The topological polar surface area (TPSA) is 29.9 Å². The number of aryl methyl sites for hydroxylation is 3. The van der Waals surface area contributed by atoms with E-state index >= 15 is 0 Å². The van der Waals surface area contributed by atoms with E-state index in [0.717, 1.165) is 12.8 Å². The van der Waals surface area contributed by atoms with Crippen LogP contribution in [-0.2, 0) is 25.6 Å². The van der Waals surface area contributed by atoms with E-state index in [4.69, 9.17) is 0 Å². The van der Waals surface area contributed by atoms with Crippen molar-refractivity contribution in [1.29, 1.82) is 0 Å².